The topological polar surface area (TPSA) is 34.2 Å². The third-order valence-electron chi connectivity index (χ3n) is 3.30. The van der Waals surface area contributed by atoms with Crippen LogP contribution in [0.2, 0.25) is 0 Å². The average molecular weight is 270 g/mol. The van der Waals surface area contributed by atoms with Crippen molar-refractivity contribution in [1.29, 1.82) is 0 Å². The fourth-order valence-electron chi connectivity index (χ4n) is 2.35. The summed E-state index contributed by atoms with van der Waals surface area (Å²) in [5.41, 5.74) is 3.41. The monoisotopic (exact) mass is 270 g/mol. The molecule has 2 aromatic rings. The Morgan fingerprint density at radius 2 is 2.05 bits per heavy atom. The zero-order valence-corrected chi connectivity index (χ0v) is 12.4. The molecule has 0 aliphatic rings. The minimum absolute atomic E-state index is 0.132. The third kappa shape index (κ3) is 3.36. The van der Waals surface area contributed by atoms with Crippen LogP contribution in [0.3, 0.4) is 0 Å². The number of nitrogens with zero attached hydrogens (tertiary/aromatic N) is 1. The van der Waals surface area contributed by atoms with E-state index in [4.69, 9.17) is 4.74 Å². The number of methoxy groups -OCH3 is 1. The lowest BCUT2D eigenvalue weighted by Crippen LogP contribution is -2.23. The molecule has 1 atom stereocenters. The van der Waals surface area contributed by atoms with Gasteiger partial charge in [-0.2, -0.15) is 0 Å². The van der Waals surface area contributed by atoms with Gasteiger partial charge in [-0.3, -0.25) is 4.98 Å². The summed E-state index contributed by atoms with van der Waals surface area (Å²) in [6, 6.07) is 12.5. The van der Waals surface area contributed by atoms with Crippen LogP contribution in [0.15, 0.2) is 42.6 Å². The second kappa shape index (κ2) is 7.06. The number of para-hydroxylation sites is 1. The maximum atomic E-state index is 5.50. The maximum absolute atomic E-state index is 5.50. The Hall–Kier alpha value is -1.87. The highest BCUT2D eigenvalue weighted by Crippen LogP contribution is 2.29. The van der Waals surface area contributed by atoms with E-state index >= 15 is 0 Å². The molecule has 0 saturated carbocycles. The van der Waals surface area contributed by atoms with E-state index in [1.807, 2.05) is 31.3 Å². The molecule has 0 spiro atoms. The highest BCUT2D eigenvalue weighted by atomic mass is 16.5. The molecular weight excluding hydrogens is 248 g/mol. The number of benzene rings is 1. The summed E-state index contributed by atoms with van der Waals surface area (Å²) in [6.07, 6.45) is 2.95. The van der Waals surface area contributed by atoms with Crippen molar-refractivity contribution in [2.75, 3.05) is 13.7 Å². The molecular formula is C17H22N2O. The van der Waals surface area contributed by atoms with E-state index in [-0.39, 0.29) is 6.04 Å². The molecule has 1 aromatic carbocycles. The molecule has 3 nitrogen and oxygen atoms in total. The molecule has 3 heteroatoms. The van der Waals surface area contributed by atoms with Crippen molar-refractivity contribution in [1.82, 2.24) is 10.3 Å². The lowest BCUT2D eigenvalue weighted by Gasteiger charge is -2.22. The van der Waals surface area contributed by atoms with E-state index < -0.39 is 0 Å². The van der Waals surface area contributed by atoms with Gasteiger partial charge in [0.25, 0.3) is 0 Å². The molecule has 0 fully saturated rings. The van der Waals surface area contributed by atoms with E-state index in [0.717, 1.165) is 30.0 Å². The van der Waals surface area contributed by atoms with Gasteiger partial charge in [0, 0.05) is 17.5 Å². The van der Waals surface area contributed by atoms with E-state index in [9.17, 15) is 0 Å². The predicted molar refractivity (Wildman–Crippen MR) is 82.1 cm³/mol. The molecule has 0 radical (unpaired) electrons. The highest BCUT2D eigenvalue weighted by molar-refractivity contribution is 5.41. The number of aromatic nitrogens is 1. The average Bonchev–Trinajstić information content (AvgIpc) is 2.48. The van der Waals surface area contributed by atoms with Gasteiger partial charge in [0.2, 0.25) is 0 Å². The van der Waals surface area contributed by atoms with Crippen LogP contribution in [0.4, 0.5) is 0 Å². The van der Waals surface area contributed by atoms with E-state index in [1.165, 1.54) is 5.56 Å². The Bertz CT molecular complexity index is 554. The Balaban J connectivity index is 2.41. The van der Waals surface area contributed by atoms with Gasteiger partial charge in [0.05, 0.1) is 13.2 Å². The standard InChI is InChI=1S/C17H22N2O/c1-4-10-19-17(14-9-11-18-13(2)12-14)15-7-5-6-8-16(15)20-3/h5-9,11-12,17,19H,4,10H2,1-3H3. The summed E-state index contributed by atoms with van der Waals surface area (Å²) in [5.74, 6) is 0.913. The molecule has 2 rings (SSSR count). The van der Waals surface area contributed by atoms with Crippen molar-refractivity contribution >= 4 is 0 Å². The highest BCUT2D eigenvalue weighted by Gasteiger charge is 2.17. The molecule has 1 heterocycles. The van der Waals surface area contributed by atoms with Gasteiger partial charge < -0.3 is 10.1 Å². The van der Waals surface area contributed by atoms with Gasteiger partial charge in [-0.1, -0.05) is 25.1 Å². The van der Waals surface area contributed by atoms with Crippen molar-refractivity contribution in [3.05, 3.63) is 59.4 Å². The largest absolute Gasteiger partial charge is 0.496 e. The molecule has 0 saturated heterocycles. The van der Waals surface area contributed by atoms with E-state index in [1.54, 1.807) is 7.11 Å². The van der Waals surface area contributed by atoms with Crippen molar-refractivity contribution in [2.24, 2.45) is 0 Å². The van der Waals surface area contributed by atoms with Crippen LogP contribution in [-0.2, 0) is 0 Å². The van der Waals surface area contributed by atoms with Gasteiger partial charge in [-0.15, -0.1) is 0 Å². The Kier molecular flexibility index (Phi) is 5.13. The first-order valence-electron chi connectivity index (χ1n) is 7.05. The van der Waals surface area contributed by atoms with Crippen LogP contribution in [0.1, 0.15) is 36.2 Å². The number of hydrogen-bond acceptors (Lipinski definition) is 3. The zero-order valence-electron chi connectivity index (χ0n) is 12.4. The SMILES string of the molecule is CCCNC(c1ccnc(C)c1)c1ccccc1OC. The number of pyridine rings is 1. The summed E-state index contributed by atoms with van der Waals surface area (Å²) in [5, 5.41) is 3.60. The van der Waals surface area contributed by atoms with Crippen molar-refractivity contribution < 1.29 is 4.74 Å². The number of hydrogen-bond donors (Lipinski definition) is 1. The molecule has 0 bridgehead atoms. The van der Waals surface area contributed by atoms with E-state index in [0.29, 0.717) is 0 Å². The van der Waals surface area contributed by atoms with Crippen molar-refractivity contribution in [2.45, 2.75) is 26.3 Å². The first kappa shape index (κ1) is 14.5. The summed E-state index contributed by atoms with van der Waals surface area (Å²) in [7, 11) is 1.72. The number of nitrogens with one attached hydrogen (secondary N) is 1. The lowest BCUT2D eigenvalue weighted by molar-refractivity contribution is 0.404. The molecule has 106 valence electrons. The molecule has 0 aliphatic heterocycles. The summed E-state index contributed by atoms with van der Waals surface area (Å²) in [4.78, 5) is 4.28. The smallest absolute Gasteiger partial charge is 0.123 e. The first-order chi connectivity index (χ1) is 9.76. The Labute approximate surface area is 121 Å². The quantitative estimate of drug-likeness (QED) is 0.872. The third-order valence-corrected chi connectivity index (χ3v) is 3.30. The number of aryl methyl sites for hydroxylation is 1. The maximum Gasteiger partial charge on any atom is 0.123 e. The van der Waals surface area contributed by atoms with Crippen molar-refractivity contribution in [3.8, 4) is 5.75 Å². The first-order valence-corrected chi connectivity index (χ1v) is 7.05. The number of rotatable bonds is 6. The minimum Gasteiger partial charge on any atom is -0.496 e. The summed E-state index contributed by atoms with van der Waals surface area (Å²) >= 11 is 0. The summed E-state index contributed by atoms with van der Waals surface area (Å²) in [6.45, 7) is 5.15. The van der Waals surface area contributed by atoms with Gasteiger partial charge in [0.1, 0.15) is 5.75 Å². The van der Waals surface area contributed by atoms with Gasteiger partial charge >= 0.3 is 0 Å². The van der Waals surface area contributed by atoms with Crippen LogP contribution >= 0.6 is 0 Å². The molecule has 1 aromatic heterocycles. The predicted octanol–water partition coefficient (Wildman–Crippen LogP) is 3.49. The molecule has 1 N–H and O–H groups in total. The second-order valence-electron chi connectivity index (χ2n) is 4.86. The zero-order chi connectivity index (χ0) is 14.4. The molecule has 0 amide bonds. The minimum atomic E-state index is 0.132. The fourth-order valence-corrected chi connectivity index (χ4v) is 2.35. The normalized spacial score (nSPS) is 12.2. The van der Waals surface area contributed by atoms with Crippen LogP contribution in [0.25, 0.3) is 0 Å². The molecule has 0 aliphatic carbocycles. The van der Waals surface area contributed by atoms with Gasteiger partial charge in [-0.25, -0.2) is 0 Å². The van der Waals surface area contributed by atoms with Crippen molar-refractivity contribution in [3.63, 3.8) is 0 Å². The van der Waals surface area contributed by atoms with Crippen LogP contribution < -0.4 is 10.1 Å². The molecule has 20 heavy (non-hydrogen) atoms. The van der Waals surface area contributed by atoms with Crippen LogP contribution in [0.5, 0.6) is 5.75 Å². The Morgan fingerprint density at radius 3 is 2.75 bits per heavy atom. The van der Waals surface area contributed by atoms with E-state index in [2.05, 4.69) is 35.4 Å². The fraction of sp³-hybridized carbons (Fsp3) is 0.353. The summed E-state index contributed by atoms with van der Waals surface area (Å²) < 4.78 is 5.50. The second-order valence-corrected chi connectivity index (χ2v) is 4.86. The number of ether oxygens (including phenoxy) is 1. The van der Waals surface area contributed by atoms with Gasteiger partial charge in [0.15, 0.2) is 0 Å². The molecule has 1 unspecified atom stereocenters. The van der Waals surface area contributed by atoms with Crippen LogP contribution in [0, 0.1) is 6.92 Å². The lowest BCUT2D eigenvalue weighted by atomic mass is 9.98. The van der Waals surface area contributed by atoms with Crippen LogP contribution in [-0.4, -0.2) is 18.6 Å². The Morgan fingerprint density at radius 1 is 1.25 bits per heavy atom. The van der Waals surface area contributed by atoms with Gasteiger partial charge in [-0.05, 0) is 43.7 Å².